The largest absolute Gasteiger partial charge is 0.470 e. The van der Waals surface area contributed by atoms with Gasteiger partial charge in [0.2, 0.25) is 0 Å². The van der Waals surface area contributed by atoms with Gasteiger partial charge in [-0.2, -0.15) is 0 Å². The van der Waals surface area contributed by atoms with E-state index in [1.165, 1.54) is 0 Å². The van der Waals surface area contributed by atoms with E-state index in [1.54, 1.807) is 0 Å². The van der Waals surface area contributed by atoms with Crippen LogP contribution in [0, 0.1) is 0 Å². The quantitative estimate of drug-likeness (QED) is 0.193. The minimum atomic E-state index is -5.42. The molecule has 0 aromatic carbocycles. The second-order valence-electron chi connectivity index (χ2n) is 4.43. The van der Waals surface area contributed by atoms with Gasteiger partial charge in [-0.25, -0.2) is 13.7 Å². The van der Waals surface area contributed by atoms with E-state index < -0.39 is 60.8 Å². The second kappa shape index (κ2) is 7.84. The molecular formula is C6H15O15P3. The standard InChI is InChI=1S/C6H15O15P3/c7-1-2-3(19-22(9,10)11)4(20-23(12,13)14)5(6(8)18-2)21-24(15,16)17/h2-8H,1H2,(H2,9,10,11)(H2,12,13,14)(H2,15,16,17)/t2-,3-,4+,5+,6-/m1/s1. The van der Waals surface area contributed by atoms with Crippen LogP contribution in [0.1, 0.15) is 0 Å². The molecule has 1 saturated heterocycles. The van der Waals surface area contributed by atoms with Crippen molar-refractivity contribution in [2.24, 2.45) is 0 Å². The van der Waals surface area contributed by atoms with Gasteiger partial charge in [-0.1, -0.05) is 0 Å². The minimum absolute atomic E-state index is 1.06. The third-order valence-electron chi connectivity index (χ3n) is 2.57. The van der Waals surface area contributed by atoms with Gasteiger partial charge in [0.1, 0.15) is 24.4 Å². The first-order valence-electron chi connectivity index (χ1n) is 5.79. The van der Waals surface area contributed by atoms with Gasteiger partial charge in [-0.15, -0.1) is 0 Å². The molecule has 18 heteroatoms. The molecule has 0 aromatic rings. The van der Waals surface area contributed by atoms with Crippen molar-refractivity contribution in [2.75, 3.05) is 6.61 Å². The van der Waals surface area contributed by atoms with Gasteiger partial charge in [0.05, 0.1) is 6.61 Å². The first-order chi connectivity index (χ1) is 10.6. The van der Waals surface area contributed by atoms with Gasteiger partial charge in [-0.3, -0.25) is 13.6 Å². The molecule has 24 heavy (non-hydrogen) atoms. The number of rotatable bonds is 7. The zero-order chi connectivity index (χ0) is 18.9. The molecule has 15 nitrogen and oxygen atoms in total. The lowest BCUT2D eigenvalue weighted by Crippen LogP contribution is -2.60. The fourth-order valence-electron chi connectivity index (χ4n) is 1.88. The van der Waals surface area contributed by atoms with Gasteiger partial charge < -0.3 is 44.3 Å². The fourth-order valence-corrected chi connectivity index (χ4v) is 3.55. The van der Waals surface area contributed by atoms with Gasteiger partial charge >= 0.3 is 23.5 Å². The van der Waals surface area contributed by atoms with Crippen molar-refractivity contribution < 1.29 is 71.6 Å². The van der Waals surface area contributed by atoms with Gasteiger partial charge in [0.15, 0.2) is 6.29 Å². The molecular weight excluding hydrogens is 405 g/mol. The van der Waals surface area contributed by atoms with E-state index in [9.17, 15) is 18.8 Å². The lowest BCUT2D eigenvalue weighted by molar-refractivity contribution is -0.276. The van der Waals surface area contributed by atoms with E-state index in [0.29, 0.717) is 0 Å². The maximum atomic E-state index is 11.0. The normalized spacial score (nSPS) is 32.8. The molecule has 8 N–H and O–H groups in total. The van der Waals surface area contributed by atoms with Crippen molar-refractivity contribution in [2.45, 2.75) is 30.7 Å². The van der Waals surface area contributed by atoms with E-state index in [-0.39, 0.29) is 0 Å². The van der Waals surface area contributed by atoms with Crippen molar-refractivity contribution in [3.05, 3.63) is 0 Å². The maximum Gasteiger partial charge on any atom is 0.470 e. The summed E-state index contributed by atoms with van der Waals surface area (Å²) in [7, 11) is -16.1. The highest BCUT2D eigenvalue weighted by Gasteiger charge is 2.53. The molecule has 1 aliphatic rings. The number of ether oxygens (including phenoxy) is 1. The molecule has 0 radical (unpaired) electrons. The molecule has 0 unspecified atom stereocenters. The van der Waals surface area contributed by atoms with Crippen molar-refractivity contribution in [1.29, 1.82) is 0 Å². The summed E-state index contributed by atoms with van der Waals surface area (Å²) >= 11 is 0. The molecule has 0 saturated carbocycles. The highest BCUT2D eigenvalue weighted by Crippen LogP contribution is 2.49. The van der Waals surface area contributed by atoms with Crippen molar-refractivity contribution >= 4 is 23.5 Å². The summed E-state index contributed by atoms with van der Waals surface area (Å²) in [6, 6.07) is 0. The molecule has 1 rings (SSSR count). The summed E-state index contributed by atoms with van der Waals surface area (Å²) in [6.07, 6.45) is -10.9. The van der Waals surface area contributed by atoms with Crippen LogP contribution in [0.15, 0.2) is 0 Å². The topological polar surface area (TPSA) is 250 Å². The summed E-state index contributed by atoms with van der Waals surface area (Å²) < 4.78 is 50.0. The number of hydrogen-bond acceptors (Lipinski definition) is 9. The number of phosphoric acid groups is 3. The summed E-state index contributed by atoms with van der Waals surface area (Å²) in [6.45, 7) is -1.06. The SMILES string of the molecule is O=P(O)(O)O[C@@H]1[C@H](OP(=O)(O)O)[C@H](O)O[C@H](CO)[C@H]1OP(=O)(O)O. The smallest absolute Gasteiger partial charge is 0.394 e. The number of hydrogen-bond donors (Lipinski definition) is 8. The zero-order valence-corrected chi connectivity index (χ0v) is 14.1. The Balaban J connectivity index is 3.27. The first kappa shape index (κ1) is 22.3. The third-order valence-corrected chi connectivity index (χ3v) is 4.12. The van der Waals surface area contributed by atoms with Crippen LogP contribution in [0.2, 0.25) is 0 Å². The minimum Gasteiger partial charge on any atom is -0.394 e. The van der Waals surface area contributed by atoms with Crippen LogP contribution in [0.4, 0.5) is 0 Å². The monoisotopic (exact) mass is 420 g/mol. The van der Waals surface area contributed by atoms with Crippen molar-refractivity contribution in [1.82, 2.24) is 0 Å². The highest BCUT2D eigenvalue weighted by atomic mass is 31.2. The molecule has 0 aromatic heterocycles. The average molecular weight is 420 g/mol. The first-order valence-corrected chi connectivity index (χ1v) is 10.4. The van der Waals surface area contributed by atoms with Gasteiger partial charge in [0, 0.05) is 0 Å². The molecule has 1 heterocycles. The van der Waals surface area contributed by atoms with E-state index >= 15 is 0 Å². The predicted molar refractivity (Wildman–Crippen MR) is 68.7 cm³/mol. The summed E-state index contributed by atoms with van der Waals surface area (Å²) in [4.78, 5) is 52.9. The summed E-state index contributed by atoms with van der Waals surface area (Å²) in [5.41, 5.74) is 0. The van der Waals surface area contributed by atoms with E-state index in [1.807, 2.05) is 0 Å². The average Bonchev–Trinajstić information content (AvgIpc) is 2.32. The maximum absolute atomic E-state index is 11.0. The molecule has 5 atom stereocenters. The van der Waals surface area contributed by atoms with Crippen molar-refractivity contribution in [3.63, 3.8) is 0 Å². The third kappa shape index (κ3) is 7.22. The Hall–Kier alpha value is 0.210. The van der Waals surface area contributed by atoms with Crippen LogP contribution in [0.5, 0.6) is 0 Å². The lowest BCUT2D eigenvalue weighted by Gasteiger charge is -2.43. The van der Waals surface area contributed by atoms with Crippen molar-refractivity contribution in [3.8, 4) is 0 Å². The summed E-state index contributed by atoms with van der Waals surface area (Å²) in [5, 5.41) is 18.7. The van der Waals surface area contributed by atoms with Gasteiger partial charge in [0.25, 0.3) is 0 Å². The van der Waals surface area contributed by atoms with E-state index in [2.05, 4.69) is 18.3 Å². The molecule has 1 fully saturated rings. The van der Waals surface area contributed by atoms with Crippen LogP contribution < -0.4 is 0 Å². The molecule has 0 bridgehead atoms. The number of aliphatic hydroxyl groups is 2. The Morgan fingerprint density at radius 1 is 0.750 bits per heavy atom. The van der Waals surface area contributed by atoms with Crippen LogP contribution >= 0.6 is 23.5 Å². The van der Waals surface area contributed by atoms with Crippen LogP contribution in [0.3, 0.4) is 0 Å². The Bertz CT molecular complexity index is 560. The fraction of sp³-hybridized carbons (Fsp3) is 1.00. The highest BCUT2D eigenvalue weighted by molar-refractivity contribution is 7.47. The Morgan fingerprint density at radius 2 is 1.12 bits per heavy atom. The Labute approximate surface area is 133 Å². The number of aliphatic hydroxyl groups excluding tert-OH is 2. The molecule has 1 aliphatic heterocycles. The lowest BCUT2D eigenvalue weighted by atomic mass is 9.99. The van der Waals surface area contributed by atoms with E-state index in [0.717, 1.165) is 0 Å². The van der Waals surface area contributed by atoms with Gasteiger partial charge in [-0.05, 0) is 0 Å². The predicted octanol–water partition coefficient (Wildman–Crippen LogP) is -2.87. The van der Waals surface area contributed by atoms with E-state index in [4.69, 9.17) is 34.5 Å². The van der Waals surface area contributed by atoms with Crippen LogP contribution in [-0.4, -0.2) is 76.9 Å². The molecule has 0 aliphatic carbocycles. The second-order valence-corrected chi connectivity index (χ2v) is 8.01. The molecule has 0 amide bonds. The Morgan fingerprint density at radius 3 is 1.50 bits per heavy atom. The zero-order valence-electron chi connectivity index (χ0n) is 11.4. The molecule has 0 spiro atoms. The number of phosphoric ester groups is 3. The van der Waals surface area contributed by atoms with Crippen LogP contribution in [0.25, 0.3) is 0 Å². The molecule has 144 valence electrons. The van der Waals surface area contributed by atoms with Crippen LogP contribution in [-0.2, 0) is 32.0 Å². The summed E-state index contributed by atoms with van der Waals surface area (Å²) in [5.74, 6) is 0. The Kier molecular flexibility index (Phi) is 7.27.